The van der Waals surface area contributed by atoms with Crippen molar-refractivity contribution in [3.8, 4) is 0 Å². The highest BCUT2D eigenvalue weighted by molar-refractivity contribution is 14.1. The molecule has 1 N–H and O–H groups in total. The van der Waals surface area contributed by atoms with E-state index in [1.54, 1.807) is 0 Å². The molecule has 0 aliphatic carbocycles. The fraction of sp³-hybridized carbons (Fsp3) is 0.417. The van der Waals surface area contributed by atoms with Crippen LogP contribution in [0, 0.1) is 9.39 Å². The Balaban J connectivity index is 2.02. The molecule has 1 atom stereocenters. The summed E-state index contributed by atoms with van der Waals surface area (Å²) in [5.41, 5.74) is 0.359. The number of nitrogens with one attached hydrogen (secondary N) is 1. The summed E-state index contributed by atoms with van der Waals surface area (Å²) in [6.45, 7) is 0.120. The van der Waals surface area contributed by atoms with Gasteiger partial charge in [0.25, 0.3) is 5.91 Å². The monoisotopic (exact) mass is 397 g/mol. The predicted octanol–water partition coefficient (Wildman–Crippen LogP) is 1.74. The molecule has 0 spiro atoms. The van der Waals surface area contributed by atoms with Gasteiger partial charge in [-0.2, -0.15) is 0 Å². The van der Waals surface area contributed by atoms with Gasteiger partial charge in [0, 0.05) is 10.1 Å². The average molecular weight is 397 g/mol. The minimum atomic E-state index is -3.06. The van der Waals surface area contributed by atoms with Crippen LogP contribution < -0.4 is 5.32 Å². The van der Waals surface area contributed by atoms with Crippen molar-refractivity contribution in [3.63, 3.8) is 0 Å². The van der Waals surface area contributed by atoms with E-state index in [0.29, 0.717) is 22.0 Å². The number of amides is 1. The van der Waals surface area contributed by atoms with Crippen molar-refractivity contribution in [2.45, 2.75) is 18.1 Å². The Bertz CT molecular complexity index is 603. The van der Waals surface area contributed by atoms with E-state index >= 15 is 0 Å². The molecule has 0 bridgehead atoms. The Morgan fingerprint density at radius 2 is 2.21 bits per heavy atom. The molecule has 1 saturated heterocycles. The molecule has 1 fully saturated rings. The molecule has 1 aliphatic heterocycles. The molecule has 19 heavy (non-hydrogen) atoms. The van der Waals surface area contributed by atoms with E-state index in [4.69, 9.17) is 0 Å². The van der Waals surface area contributed by atoms with Gasteiger partial charge in [-0.15, -0.1) is 0 Å². The van der Waals surface area contributed by atoms with Gasteiger partial charge in [-0.05, 0) is 53.6 Å². The van der Waals surface area contributed by atoms with Gasteiger partial charge < -0.3 is 5.32 Å². The average Bonchev–Trinajstić information content (AvgIpc) is 2.65. The minimum Gasteiger partial charge on any atom is -0.351 e. The SMILES string of the molecule is O=C(NCC1CCCS1(=O)=O)c1ccc(F)cc1I. The maximum Gasteiger partial charge on any atom is 0.252 e. The number of carbonyl (C=O) groups is 1. The second-order valence-corrected chi connectivity index (χ2v) is 8.03. The Morgan fingerprint density at radius 3 is 2.79 bits per heavy atom. The number of hydrogen-bond donors (Lipinski definition) is 1. The normalized spacial score (nSPS) is 21.3. The number of hydrogen-bond acceptors (Lipinski definition) is 3. The van der Waals surface area contributed by atoms with Crippen LogP contribution in [0.15, 0.2) is 18.2 Å². The van der Waals surface area contributed by atoms with Gasteiger partial charge in [-0.25, -0.2) is 12.8 Å². The van der Waals surface area contributed by atoms with E-state index in [9.17, 15) is 17.6 Å². The zero-order chi connectivity index (χ0) is 14.0. The van der Waals surface area contributed by atoms with Crippen molar-refractivity contribution in [1.29, 1.82) is 0 Å². The van der Waals surface area contributed by atoms with Crippen LogP contribution in [-0.2, 0) is 9.84 Å². The van der Waals surface area contributed by atoms with Gasteiger partial charge >= 0.3 is 0 Å². The van der Waals surface area contributed by atoms with Crippen molar-refractivity contribution >= 4 is 38.3 Å². The van der Waals surface area contributed by atoms with E-state index in [-0.39, 0.29) is 18.2 Å². The first-order valence-corrected chi connectivity index (χ1v) is 8.64. The van der Waals surface area contributed by atoms with Crippen LogP contribution in [0.1, 0.15) is 23.2 Å². The molecule has 7 heteroatoms. The number of sulfone groups is 1. The fourth-order valence-corrected chi connectivity index (χ4v) is 4.55. The first-order chi connectivity index (χ1) is 8.90. The number of benzene rings is 1. The lowest BCUT2D eigenvalue weighted by Gasteiger charge is -2.11. The van der Waals surface area contributed by atoms with Gasteiger partial charge in [0.2, 0.25) is 0 Å². The molecule has 2 rings (SSSR count). The summed E-state index contributed by atoms with van der Waals surface area (Å²) >= 11 is 1.88. The van der Waals surface area contributed by atoms with Crippen molar-refractivity contribution in [1.82, 2.24) is 5.32 Å². The van der Waals surface area contributed by atoms with Crippen molar-refractivity contribution in [2.75, 3.05) is 12.3 Å². The summed E-state index contributed by atoms with van der Waals surface area (Å²) in [5.74, 6) is -0.576. The van der Waals surface area contributed by atoms with Crippen molar-refractivity contribution < 1.29 is 17.6 Å². The molecule has 0 saturated carbocycles. The topological polar surface area (TPSA) is 63.2 Å². The summed E-state index contributed by atoms with van der Waals surface area (Å²) in [5, 5.41) is 2.12. The van der Waals surface area contributed by atoms with Crippen LogP contribution in [0.4, 0.5) is 4.39 Å². The molecule has 0 aromatic heterocycles. The highest BCUT2D eigenvalue weighted by Crippen LogP contribution is 2.19. The number of rotatable bonds is 3. The summed E-state index contributed by atoms with van der Waals surface area (Å²) < 4.78 is 36.7. The molecule has 1 aromatic rings. The van der Waals surface area contributed by atoms with Crippen LogP contribution in [0.3, 0.4) is 0 Å². The predicted molar refractivity (Wildman–Crippen MR) is 78.3 cm³/mol. The first-order valence-electron chi connectivity index (χ1n) is 5.85. The molecule has 4 nitrogen and oxygen atoms in total. The van der Waals surface area contributed by atoms with E-state index in [2.05, 4.69) is 5.32 Å². The molecule has 0 radical (unpaired) electrons. The second kappa shape index (κ2) is 5.74. The van der Waals surface area contributed by atoms with Gasteiger partial charge in [-0.1, -0.05) is 0 Å². The lowest BCUT2D eigenvalue weighted by Crippen LogP contribution is -2.34. The molecule has 1 amide bonds. The van der Waals surface area contributed by atoms with E-state index in [1.807, 2.05) is 22.6 Å². The summed E-state index contributed by atoms with van der Waals surface area (Å²) in [7, 11) is -3.06. The van der Waals surface area contributed by atoms with Gasteiger partial charge in [0.1, 0.15) is 5.82 Å². The maximum absolute atomic E-state index is 12.9. The third-order valence-corrected chi connectivity index (χ3v) is 6.30. The third kappa shape index (κ3) is 3.44. The highest BCUT2D eigenvalue weighted by Gasteiger charge is 2.31. The molecular weight excluding hydrogens is 384 g/mol. The second-order valence-electron chi connectivity index (χ2n) is 4.47. The summed E-state index contributed by atoms with van der Waals surface area (Å²) in [6, 6.07) is 3.88. The number of halogens is 2. The lowest BCUT2D eigenvalue weighted by molar-refractivity contribution is 0.0952. The summed E-state index contributed by atoms with van der Waals surface area (Å²) in [6.07, 6.45) is 1.24. The Hall–Kier alpha value is -0.700. The van der Waals surface area contributed by atoms with Gasteiger partial charge in [0.05, 0.1) is 16.6 Å². The zero-order valence-corrected chi connectivity index (χ0v) is 13.0. The maximum atomic E-state index is 12.9. The largest absolute Gasteiger partial charge is 0.351 e. The number of carbonyl (C=O) groups excluding carboxylic acids is 1. The Morgan fingerprint density at radius 1 is 1.47 bits per heavy atom. The van der Waals surface area contributed by atoms with Crippen LogP contribution in [0.25, 0.3) is 0 Å². The molecule has 104 valence electrons. The minimum absolute atomic E-state index is 0.120. The van der Waals surface area contributed by atoms with E-state index in [1.165, 1.54) is 18.2 Å². The lowest BCUT2D eigenvalue weighted by atomic mass is 10.2. The molecule has 1 unspecified atom stereocenters. The van der Waals surface area contributed by atoms with Crippen LogP contribution in [-0.4, -0.2) is 31.9 Å². The van der Waals surface area contributed by atoms with Gasteiger partial charge in [-0.3, -0.25) is 4.79 Å². The van der Waals surface area contributed by atoms with Crippen LogP contribution in [0.5, 0.6) is 0 Å². The quantitative estimate of drug-likeness (QED) is 0.791. The Labute approximate surface area is 124 Å². The van der Waals surface area contributed by atoms with Gasteiger partial charge in [0.15, 0.2) is 9.84 Å². The fourth-order valence-electron chi connectivity index (χ4n) is 2.06. The standard InChI is InChI=1S/C12H13FINO3S/c13-8-3-4-10(11(14)6-8)12(16)15-7-9-2-1-5-19(9,17)18/h3-4,6,9H,1-2,5,7H2,(H,15,16). The molecule has 1 aromatic carbocycles. The zero-order valence-electron chi connectivity index (χ0n) is 10.0. The van der Waals surface area contributed by atoms with Crippen LogP contribution >= 0.6 is 22.6 Å². The first kappa shape index (κ1) is 14.7. The molecule has 1 aliphatic rings. The van der Waals surface area contributed by atoms with Crippen molar-refractivity contribution in [3.05, 3.63) is 33.1 Å². The third-order valence-electron chi connectivity index (χ3n) is 3.13. The van der Waals surface area contributed by atoms with E-state index < -0.39 is 20.9 Å². The van der Waals surface area contributed by atoms with Crippen LogP contribution in [0.2, 0.25) is 0 Å². The smallest absolute Gasteiger partial charge is 0.252 e. The van der Waals surface area contributed by atoms with E-state index in [0.717, 1.165) is 0 Å². The molecule has 1 heterocycles. The molecular formula is C12H13FINO3S. The highest BCUT2D eigenvalue weighted by atomic mass is 127. The van der Waals surface area contributed by atoms with Crippen molar-refractivity contribution in [2.24, 2.45) is 0 Å². The Kier molecular flexibility index (Phi) is 4.44. The summed E-state index contributed by atoms with van der Waals surface area (Å²) in [4.78, 5) is 11.9.